The van der Waals surface area contributed by atoms with Crippen molar-refractivity contribution in [2.45, 2.75) is 18.5 Å². The van der Waals surface area contributed by atoms with Crippen LogP contribution in [0.25, 0.3) is 0 Å². The average molecular weight is 462 g/mol. The molecule has 3 heterocycles. The maximum Gasteiger partial charge on any atom is 0.192 e. The van der Waals surface area contributed by atoms with Gasteiger partial charge in [-0.05, 0) is 18.6 Å². The number of carbonyl (C=O) groups excluding carboxylic acids is 2. The Kier molecular flexibility index (Phi) is 5.41. The van der Waals surface area contributed by atoms with Gasteiger partial charge < -0.3 is 14.4 Å². The topological polar surface area (TPSA) is 87.0 Å². The second kappa shape index (κ2) is 8.72. The van der Waals surface area contributed by atoms with Crippen molar-refractivity contribution in [2.75, 3.05) is 57.4 Å². The highest BCUT2D eigenvalue weighted by molar-refractivity contribution is 6.19. The zero-order valence-electron chi connectivity index (χ0n) is 18.9. The molecule has 9 nitrogen and oxygen atoms in total. The van der Waals surface area contributed by atoms with Crippen LogP contribution in [0.2, 0.25) is 0 Å². The highest BCUT2D eigenvalue weighted by Crippen LogP contribution is 2.34. The summed E-state index contributed by atoms with van der Waals surface area (Å²) in [4.78, 5) is 30.6. The largest absolute Gasteiger partial charge is 0.486 e. The van der Waals surface area contributed by atoms with Gasteiger partial charge in [0.2, 0.25) is 0 Å². The maximum absolute atomic E-state index is 13.0. The predicted octanol–water partition coefficient (Wildman–Crippen LogP) is 2.47. The Balaban J connectivity index is 1.01. The van der Waals surface area contributed by atoms with Gasteiger partial charge in [0, 0.05) is 62.1 Å². The van der Waals surface area contributed by atoms with E-state index >= 15 is 0 Å². The summed E-state index contributed by atoms with van der Waals surface area (Å²) in [6.07, 6.45) is 0.857. The Labute approximate surface area is 197 Å². The van der Waals surface area contributed by atoms with E-state index in [2.05, 4.69) is 32.3 Å². The Morgan fingerprint density at radius 1 is 0.853 bits per heavy atom. The van der Waals surface area contributed by atoms with Crippen molar-refractivity contribution in [3.63, 3.8) is 0 Å². The van der Waals surface area contributed by atoms with Crippen LogP contribution in [0.3, 0.4) is 0 Å². The van der Waals surface area contributed by atoms with Crippen molar-refractivity contribution in [3.05, 3.63) is 53.6 Å². The normalized spacial score (nSPS) is 23.8. The number of anilines is 1. The van der Waals surface area contributed by atoms with Crippen molar-refractivity contribution in [1.29, 1.82) is 0 Å². The molecule has 2 unspecified atom stereocenters. The van der Waals surface area contributed by atoms with E-state index in [1.165, 1.54) is 0 Å². The molecule has 2 atom stereocenters. The van der Waals surface area contributed by atoms with Crippen LogP contribution >= 0.6 is 0 Å². The van der Waals surface area contributed by atoms with Gasteiger partial charge in [0.05, 0.1) is 0 Å². The third kappa shape index (κ3) is 3.69. The zero-order chi connectivity index (χ0) is 23.1. The summed E-state index contributed by atoms with van der Waals surface area (Å²) in [5.41, 5.74) is 2.11. The SMILES string of the molecule is O=C1c2ccccc2C(=O)C2C1N=NN2CCCN1CCN(c2ccc3c(c2)OCCO3)CC1. The minimum atomic E-state index is -0.711. The van der Waals surface area contributed by atoms with E-state index in [0.717, 1.165) is 56.3 Å². The van der Waals surface area contributed by atoms with E-state index < -0.39 is 12.1 Å². The predicted molar refractivity (Wildman–Crippen MR) is 125 cm³/mol. The number of fused-ring (bicyclic) bond motifs is 3. The van der Waals surface area contributed by atoms with Gasteiger partial charge in [-0.2, -0.15) is 5.11 Å². The van der Waals surface area contributed by atoms with Crippen molar-refractivity contribution in [3.8, 4) is 11.5 Å². The van der Waals surface area contributed by atoms with Crippen LogP contribution in [0.1, 0.15) is 27.1 Å². The van der Waals surface area contributed by atoms with E-state index in [4.69, 9.17) is 9.47 Å². The first-order chi connectivity index (χ1) is 16.7. The lowest BCUT2D eigenvalue weighted by Crippen LogP contribution is -2.50. The van der Waals surface area contributed by atoms with Crippen LogP contribution in [0.5, 0.6) is 11.5 Å². The monoisotopic (exact) mass is 461 g/mol. The van der Waals surface area contributed by atoms with Gasteiger partial charge in [-0.3, -0.25) is 19.5 Å². The molecule has 176 valence electrons. The van der Waals surface area contributed by atoms with Gasteiger partial charge in [0.15, 0.2) is 29.1 Å². The van der Waals surface area contributed by atoms with Crippen molar-refractivity contribution >= 4 is 17.3 Å². The first-order valence-corrected chi connectivity index (χ1v) is 11.9. The summed E-state index contributed by atoms with van der Waals surface area (Å²) in [7, 11) is 0. The number of benzene rings is 2. The second-order valence-corrected chi connectivity index (χ2v) is 9.04. The molecular formula is C25H27N5O4. The number of hydrogen-bond acceptors (Lipinski definition) is 9. The Hall–Kier alpha value is -3.46. The number of rotatable bonds is 5. The molecule has 0 radical (unpaired) electrons. The summed E-state index contributed by atoms with van der Waals surface area (Å²) in [5, 5.41) is 10.1. The smallest absolute Gasteiger partial charge is 0.192 e. The molecule has 9 heteroatoms. The molecule has 34 heavy (non-hydrogen) atoms. The molecule has 0 N–H and O–H groups in total. The summed E-state index contributed by atoms with van der Waals surface area (Å²) in [6.45, 7) is 6.53. The van der Waals surface area contributed by atoms with Gasteiger partial charge in [-0.15, -0.1) is 0 Å². The molecule has 3 aliphatic heterocycles. The van der Waals surface area contributed by atoms with E-state index in [0.29, 0.717) is 30.9 Å². The van der Waals surface area contributed by atoms with Gasteiger partial charge in [-0.1, -0.05) is 29.5 Å². The Morgan fingerprint density at radius 3 is 2.38 bits per heavy atom. The van der Waals surface area contributed by atoms with Crippen molar-refractivity contribution < 1.29 is 19.1 Å². The Bertz CT molecular complexity index is 1140. The third-order valence-electron chi connectivity index (χ3n) is 7.03. The molecule has 1 saturated heterocycles. The summed E-state index contributed by atoms with van der Waals surface area (Å²) < 4.78 is 11.3. The van der Waals surface area contributed by atoms with E-state index in [1.807, 2.05) is 6.07 Å². The maximum atomic E-state index is 13.0. The number of piperazine rings is 1. The van der Waals surface area contributed by atoms with Crippen LogP contribution < -0.4 is 14.4 Å². The molecule has 2 aromatic carbocycles. The first kappa shape index (κ1) is 21.1. The van der Waals surface area contributed by atoms with Crippen LogP contribution in [-0.4, -0.2) is 86.0 Å². The number of ketones is 2. The lowest BCUT2D eigenvalue weighted by atomic mass is 9.83. The van der Waals surface area contributed by atoms with E-state index in [1.54, 1.807) is 29.3 Å². The molecule has 0 amide bonds. The lowest BCUT2D eigenvalue weighted by Gasteiger charge is -2.36. The van der Waals surface area contributed by atoms with Gasteiger partial charge >= 0.3 is 0 Å². The summed E-state index contributed by atoms with van der Waals surface area (Å²) in [5.74, 6) is 1.47. The molecular weight excluding hydrogens is 434 g/mol. The fourth-order valence-corrected chi connectivity index (χ4v) is 5.21. The van der Waals surface area contributed by atoms with E-state index in [-0.39, 0.29) is 11.6 Å². The molecule has 4 aliphatic rings. The fourth-order valence-electron chi connectivity index (χ4n) is 5.21. The number of hydrogen-bond donors (Lipinski definition) is 0. The third-order valence-corrected chi connectivity index (χ3v) is 7.03. The Morgan fingerprint density at radius 2 is 1.59 bits per heavy atom. The van der Waals surface area contributed by atoms with Gasteiger partial charge in [-0.25, -0.2) is 0 Å². The average Bonchev–Trinajstić information content (AvgIpc) is 3.32. The summed E-state index contributed by atoms with van der Waals surface area (Å²) >= 11 is 0. The number of Topliss-reactive ketones (excluding diaryl/α,β-unsaturated/α-hetero) is 2. The molecule has 0 saturated carbocycles. The van der Waals surface area contributed by atoms with Crippen LogP contribution in [-0.2, 0) is 0 Å². The molecule has 0 spiro atoms. The molecule has 0 aromatic heterocycles. The molecule has 2 aromatic rings. The fraction of sp³-hybridized carbons (Fsp3) is 0.440. The minimum absolute atomic E-state index is 0.0572. The zero-order valence-corrected chi connectivity index (χ0v) is 18.9. The standard InChI is InChI=1S/C25H27N5O4/c31-24-18-4-1-2-5-19(18)25(32)23-22(24)26-27-30(23)9-3-8-28-10-12-29(13-11-28)17-6-7-20-21(16-17)34-15-14-33-20/h1-2,4-7,16,22-23H,3,8-15H2. The second-order valence-electron chi connectivity index (χ2n) is 9.04. The molecule has 1 aliphatic carbocycles. The van der Waals surface area contributed by atoms with Crippen LogP contribution in [0.4, 0.5) is 5.69 Å². The molecule has 1 fully saturated rings. The van der Waals surface area contributed by atoms with E-state index in [9.17, 15) is 9.59 Å². The van der Waals surface area contributed by atoms with Gasteiger partial charge in [0.1, 0.15) is 19.3 Å². The van der Waals surface area contributed by atoms with Crippen LogP contribution in [0, 0.1) is 0 Å². The minimum Gasteiger partial charge on any atom is -0.486 e. The van der Waals surface area contributed by atoms with Crippen molar-refractivity contribution in [1.82, 2.24) is 9.91 Å². The highest BCUT2D eigenvalue weighted by atomic mass is 16.6. The summed E-state index contributed by atoms with van der Waals surface area (Å²) in [6, 6.07) is 11.8. The lowest BCUT2D eigenvalue weighted by molar-refractivity contribution is 0.0744. The highest BCUT2D eigenvalue weighted by Gasteiger charge is 2.48. The van der Waals surface area contributed by atoms with Crippen molar-refractivity contribution in [2.24, 2.45) is 10.3 Å². The molecule has 6 rings (SSSR count). The van der Waals surface area contributed by atoms with Gasteiger partial charge in [0.25, 0.3) is 0 Å². The quantitative estimate of drug-likeness (QED) is 0.676. The first-order valence-electron chi connectivity index (χ1n) is 11.9. The number of nitrogens with zero attached hydrogens (tertiary/aromatic N) is 5. The number of ether oxygens (including phenoxy) is 2. The van der Waals surface area contributed by atoms with Crippen LogP contribution in [0.15, 0.2) is 52.8 Å². The number of carbonyl (C=O) groups is 2. The molecule has 0 bridgehead atoms.